The molecule has 1 fully saturated rings. The van der Waals surface area contributed by atoms with Crippen molar-refractivity contribution in [1.29, 1.82) is 0 Å². The molecule has 1 aliphatic heterocycles. The van der Waals surface area contributed by atoms with Crippen LogP contribution in [0.25, 0.3) is 0 Å². The molecule has 1 amide bonds. The molecule has 0 saturated carbocycles. The standard InChI is InChI=1S/C14H17NO4/c1-9-5-10(7-11(6-9)13(17)18)12(16)15-14(2)3-4-19-8-14/h5-7H,3-4,8H2,1-2H3,(H,15,16)(H,17,18). The first-order chi connectivity index (χ1) is 8.89. The summed E-state index contributed by atoms with van der Waals surface area (Å²) in [5.41, 5.74) is 0.867. The van der Waals surface area contributed by atoms with E-state index >= 15 is 0 Å². The molecule has 0 aromatic heterocycles. The van der Waals surface area contributed by atoms with Crippen molar-refractivity contribution in [2.45, 2.75) is 25.8 Å². The van der Waals surface area contributed by atoms with E-state index in [0.29, 0.717) is 18.8 Å². The number of benzene rings is 1. The first kappa shape index (κ1) is 13.5. The maximum Gasteiger partial charge on any atom is 0.335 e. The van der Waals surface area contributed by atoms with Gasteiger partial charge in [0.25, 0.3) is 5.91 Å². The predicted molar refractivity (Wildman–Crippen MR) is 69.4 cm³/mol. The topological polar surface area (TPSA) is 75.6 Å². The molecule has 0 bridgehead atoms. The van der Waals surface area contributed by atoms with Crippen molar-refractivity contribution in [2.75, 3.05) is 13.2 Å². The minimum Gasteiger partial charge on any atom is -0.478 e. The third-order valence-electron chi connectivity index (χ3n) is 3.22. The Morgan fingerprint density at radius 3 is 2.58 bits per heavy atom. The van der Waals surface area contributed by atoms with E-state index < -0.39 is 5.97 Å². The normalized spacial score (nSPS) is 22.2. The molecule has 1 heterocycles. The highest BCUT2D eigenvalue weighted by molar-refractivity contribution is 5.98. The number of nitrogens with one attached hydrogen (secondary N) is 1. The van der Waals surface area contributed by atoms with Crippen molar-refractivity contribution in [3.05, 3.63) is 34.9 Å². The fourth-order valence-electron chi connectivity index (χ4n) is 2.15. The van der Waals surface area contributed by atoms with Crippen LogP contribution in [0.4, 0.5) is 0 Å². The highest BCUT2D eigenvalue weighted by atomic mass is 16.5. The number of aryl methyl sites for hydroxylation is 1. The van der Waals surface area contributed by atoms with E-state index in [9.17, 15) is 9.59 Å². The number of carbonyl (C=O) groups is 2. The van der Waals surface area contributed by atoms with Crippen LogP contribution in [0.15, 0.2) is 18.2 Å². The highest BCUT2D eigenvalue weighted by Gasteiger charge is 2.31. The summed E-state index contributed by atoms with van der Waals surface area (Å²) in [7, 11) is 0. The summed E-state index contributed by atoms with van der Waals surface area (Å²) in [5.74, 6) is -1.30. The van der Waals surface area contributed by atoms with Gasteiger partial charge in [0.2, 0.25) is 0 Å². The number of hydrogen-bond donors (Lipinski definition) is 2. The van der Waals surface area contributed by atoms with Gasteiger partial charge >= 0.3 is 5.97 Å². The molecule has 0 radical (unpaired) electrons. The van der Waals surface area contributed by atoms with Gasteiger partial charge in [0.1, 0.15) is 0 Å². The van der Waals surface area contributed by atoms with Crippen LogP contribution in [-0.2, 0) is 4.74 Å². The van der Waals surface area contributed by atoms with Crippen LogP contribution in [-0.4, -0.2) is 35.7 Å². The molecule has 19 heavy (non-hydrogen) atoms. The second-order valence-electron chi connectivity index (χ2n) is 5.21. The summed E-state index contributed by atoms with van der Waals surface area (Å²) in [5, 5.41) is 11.9. The highest BCUT2D eigenvalue weighted by Crippen LogP contribution is 2.19. The zero-order valence-electron chi connectivity index (χ0n) is 11.0. The molecule has 5 nitrogen and oxygen atoms in total. The molecule has 2 rings (SSSR count). The maximum absolute atomic E-state index is 12.2. The number of carboxylic acid groups (broad SMARTS) is 1. The SMILES string of the molecule is Cc1cc(C(=O)O)cc(C(=O)NC2(C)CCOC2)c1. The molecule has 1 unspecified atom stereocenters. The van der Waals surface area contributed by atoms with Crippen molar-refractivity contribution in [2.24, 2.45) is 0 Å². The lowest BCUT2D eigenvalue weighted by atomic mass is 10.00. The molecule has 0 aliphatic carbocycles. The molecule has 5 heteroatoms. The minimum absolute atomic E-state index is 0.123. The van der Waals surface area contributed by atoms with E-state index in [2.05, 4.69) is 5.32 Å². The average molecular weight is 263 g/mol. The average Bonchev–Trinajstić information content (AvgIpc) is 2.74. The van der Waals surface area contributed by atoms with Crippen molar-refractivity contribution < 1.29 is 19.4 Å². The number of amides is 1. The smallest absolute Gasteiger partial charge is 0.335 e. The van der Waals surface area contributed by atoms with Gasteiger partial charge in [-0.05, 0) is 44.0 Å². The Morgan fingerprint density at radius 1 is 1.32 bits per heavy atom. The molecule has 1 aromatic carbocycles. The van der Waals surface area contributed by atoms with E-state index in [-0.39, 0.29) is 17.0 Å². The summed E-state index contributed by atoms with van der Waals surface area (Å²) >= 11 is 0. The number of carbonyl (C=O) groups excluding carboxylic acids is 1. The van der Waals surface area contributed by atoms with E-state index in [1.54, 1.807) is 19.1 Å². The van der Waals surface area contributed by atoms with Crippen molar-refractivity contribution in [1.82, 2.24) is 5.32 Å². The van der Waals surface area contributed by atoms with Gasteiger partial charge in [-0.3, -0.25) is 4.79 Å². The first-order valence-corrected chi connectivity index (χ1v) is 6.15. The van der Waals surface area contributed by atoms with Gasteiger partial charge in [0.15, 0.2) is 0 Å². The van der Waals surface area contributed by atoms with Gasteiger partial charge in [-0.15, -0.1) is 0 Å². The Kier molecular flexibility index (Phi) is 3.57. The quantitative estimate of drug-likeness (QED) is 0.868. The fourth-order valence-corrected chi connectivity index (χ4v) is 2.15. The van der Waals surface area contributed by atoms with E-state index in [1.165, 1.54) is 6.07 Å². The lowest BCUT2D eigenvalue weighted by molar-refractivity contribution is 0.0696. The fraction of sp³-hybridized carbons (Fsp3) is 0.429. The van der Waals surface area contributed by atoms with Crippen LogP contribution in [0.1, 0.15) is 39.6 Å². The van der Waals surface area contributed by atoms with Crippen LogP contribution in [0.3, 0.4) is 0 Å². The largest absolute Gasteiger partial charge is 0.478 e. The summed E-state index contributed by atoms with van der Waals surface area (Å²) in [4.78, 5) is 23.2. The molecule has 1 aliphatic rings. The summed E-state index contributed by atoms with van der Waals surface area (Å²) in [6, 6.07) is 4.62. The lowest BCUT2D eigenvalue weighted by Crippen LogP contribution is -2.46. The number of aromatic carboxylic acids is 1. The van der Waals surface area contributed by atoms with Crippen molar-refractivity contribution >= 4 is 11.9 Å². The molecule has 0 spiro atoms. The third-order valence-corrected chi connectivity index (χ3v) is 3.22. The Labute approximate surface area is 111 Å². The molecular weight excluding hydrogens is 246 g/mol. The zero-order chi connectivity index (χ0) is 14.0. The molecule has 1 aromatic rings. The summed E-state index contributed by atoms with van der Waals surface area (Å²) in [6.45, 7) is 4.80. The van der Waals surface area contributed by atoms with E-state index in [4.69, 9.17) is 9.84 Å². The van der Waals surface area contributed by atoms with Crippen molar-refractivity contribution in [3.8, 4) is 0 Å². The lowest BCUT2D eigenvalue weighted by Gasteiger charge is -2.23. The molecule has 1 saturated heterocycles. The third kappa shape index (κ3) is 3.12. The van der Waals surface area contributed by atoms with Crippen LogP contribution < -0.4 is 5.32 Å². The van der Waals surface area contributed by atoms with Gasteiger partial charge in [-0.25, -0.2) is 4.79 Å². The molecule has 102 valence electrons. The minimum atomic E-state index is -1.03. The monoisotopic (exact) mass is 263 g/mol. The molecular formula is C14H17NO4. The van der Waals surface area contributed by atoms with Crippen molar-refractivity contribution in [3.63, 3.8) is 0 Å². The Bertz CT molecular complexity index is 518. The van der Waals surface area contributed by atoms with E-state index in [0.717, 1.165) is 12.0 Å². The summed E-state index contributed by atoms with van der Waals surface area (Å²) < 4.78 is 5.27. The number of ether oxygens (including phenoxy) is 1. The zero-order valence-corrected chi connectivity index (χ0v) is 11.0. The number of hydrogen-bond acceptors (Lipinski definition) is 3. The predicted octanol–water partition coefficient (Wildman–Crippen LogP) is 1.60. The Balaban J connectivity index is 2.21. The molecule has 2 N–H and O–H groups in total. The van der Waals surface area contributed by atoms with Crippen LogP contribution in [0.5, 0.6) is 0 Å². The summed E-state index contributed by atoms with van der Waals surface area (Å²) in [6.07, 6.45) is 0.760. The Hall–Kier alpha value is -1.88. The van der Waals surface area contributed by atoms with Gasteiger partial charge in [-0.1, -0.05) is 0 Å². The Morgan fingerprint density at radius 2 is 2.00 bits per heavy atom. The first-order valence-electron chi connectivity index (χ1n) is 6.15. The number of carboxylic acids is 1. The second-order valence-corrected chi connectivity index (χ2v) is 5.21. The van der Waals surface area contributed by atoms with Crippen LogP contribution in [0.2, 0.25) is 0 Å². The number of rotatable bonds is 3. The van der Waals surface area contributed by atoms with Gasteiger partial charge in [0.05, 0.1) is 17.7 Å². The second kappa shape index (κ2) is 5.01. The van der Waals surface area contributed by atoms with Gasteiger partial charge in [-0.2, -0.15) is 0 Å². The van der Waals surface area contributed by atoms with Gasteiger partial charge < -0.3 is 15.2 Å². The van der Waals surface area contributed by atoms with Crippen LogP contribution in [0, 0.1) is 6.92 Å². The maximum atomic E-state index is 12.2. The van der Waals surface area contributed by atoms with Crippen LogP contribution >= 0.6 is 0 Å². The van der Waals surface area contributed by atoms with Gasteiger partial charge in [0, 0.05) is 12.2 Å². The molecule has 1 atom stereocenters. The van der Waals surface area contributed by atoms with E-state index in [1.807, 2.05) is 6.92 Å².